The molecule has 1 aliphatic rings. The number of nitrogens with zero attached hydrogens (tertiary/aromatic N) is 1. The number of fused-ring (bicyclic) bond motifs is 1. The van der Waals surface area contributed by atoms with Crippen LogP contribution in [0.2, 0.25) is 0 Å². The van der Waals surface area contributed by atoms with E-state index >= 15 is 0 Å². The number of guanidine groups is 1. The zero-order valence-corrected chi connectivity index (χ0v) is 13.5. The van der Waals surface area contributed by atoms with Crippen LogP contribution in [0, 0.1) is 0 Å². The Morgan fingerprint density at radius 1 is 1.32 bits per heavy atom. The Bertz CT molecular complexity index is 600. The van der Waals surface area contributed by atoms with Crippen molar-refractivity contribution in [2.75, 3.05) is 13.1 Å². The molecule has 1 aromatic carbocycles. The lowest BCUT2D eigenvalue weighted by Gasteiger charge is -2.15. The van der Waals surface area contributed by atoms with Crippen molar-refractivity contribution in [1.29, 1.82) is 0 Å². The van der Waals surface area contributed by atoms with E-state index in [9.17, 15) is 0 Å². The Balaban J connectivity index is 1.53. The minimum Gasteiger partial charge on any atom is -0.488 e. The highest BCUT2D eigenvalue weighted by Gasteiger charge is 2.22. The van der Waals surface area contributed by atoms with Crippen molar-refractivity contribution in [3.05, 3.63) is 52.2 Å². The zero-order valence-electron chi connectivity index (χ0n) is 12.7. The summed E-state index contributed by atoms with van der Waals surface area (Å²) in [5.41, 5.74) is 2.53. The summed E-state index contributed by atoms with van der Waals surface area (Å²) in [4.78, 5) is 4.61. The molecule has 2 aromatic rings. The highest BCUT2D eigenvalue weighted by atomic mass is 32.1. The summed E-state index contributed by atoms with van der Waals surface area (Å²) in [6.07, 6.45) is 1.12. The molecule has 2 heterocycles. The molecule has 4 nitrogen and oxygen atoms in total. The molecule has 0 saturated heterocycles. The fourth-order valence-corrected chi connectivity index (χ4v) is 3.13. The second-order valence-electron chi connectivity index (χ2n) is 5.26. The standard InChI is InChI=1S/C17H21N3OS/c1-2-18-17(19-10-13-7-8-22-12-13)20-11-15-9-14-5-3-4-6-16(14)21-15/h3-8,12,15H,2,9-11H2,1H3,(H2,18,19,20). The average Bonchev–Trinajstić information content (AvgIpc) is 3.18. The number of thiophene rings is 1. The third kappa shape index (κ3) is 3.80. The van der Waals surface area contributed by atoms with Crippen LogP contribution in [-0.4, -0.2) is 25.2 Å². The largest absolute Gasteiger partial charge is 0.488 e. The van der Waals surface area contributed by atoms with E-state index in [0.29, 0.717) is 6.54 Å². The number of hydrogen-bond acceptors (Lipinski definition) is 3. The van der Waals surface area contributed by atoms with E-state index in [1.165, 1.54) is 11.1 Å². The molecular formula is C17H21N3OS. The molecule has 0 radical (unpaired) electrons. The minimum atomic E-state index is 0.169. The number of nitrogens with one attached hydrogen (secondary N) is 2. The van der Waals surface area contributed by atoms with Gasteiger partial charge in [-0.2, -0.15) is 11.3 Å². The van der Waals surface area contributed by atoms with Crippen molar-refractivity contribution >= 4 is 17.3 Å². The Hall–Kier alpha value is -2.01. The van der Waals surface area contributed by atoms with Gasteiger partial charge in [-0.05, 0) is 40.9 Å². The number of rotatable bonds is 5. The maximum atomic E-state index is 5.94. The molecular weight excluding hydrogens is 294 g/mol. The van der Waals surface area contributed by atoms with Crippen molar-refractivity contribution in [3.8, 4) is 5.75 Å². The Morgan fingerprint density at radius 2 is 2.23 bits per heavy atom. The fourth-order valence-electron chi connectivity index (χ4n) is 2.47. The summed E-state index contributed by atoms with van der Waals surface area (Å²) in [5, 5.41) is 10.9. The van der Waals surface area contributed by atoms with Gasteiger partial charge in [0.05, 0.1) is 13.1 Å². The zero-order chi connectivity index (χ0) is 15.2. The summed E-state index contributed by atoms with van der Waals surface area (Å²) in [7, 11) is 0. The van der Waals surface area contributed by atoms with Crippen molar-refractivity contribution in [2.24, 2.45) is 4.99 Å². The SMILES string of the molecule is CCNC(=NCc1ccsc1)NCC1Cc2ccccc2O1. The third-order valence-electron chi connectivity index (χ3n) is 3.56. The topological polar surface area (TPSA) is 45.7 Å². The molecule has 0 saturated carbocycles. The van der Waals surface area contributed by atoms with Gasteiger partial charge in [-0.3, -0.25) is 0 Å². The minimum absolute atomic E-state index is 0.169. The highest BCUT2D eigenvalue weighted by molar-refractivity contribution is 7.07. The second-order valence-corrected chi connectivity index (χ2v) is 6.04. The fraction of sp³-hybridized carbons (Fsp3) is 0.353. The normalized spacial score (nSPS) is 17.0. The third-order valence-corrected chi connectivity index (χ3v) is 4.29. The molecule has 5 heteroatoms. The predicted octanol–water partition coefficient (Wildman–Crippen LogP) is 2.81. The van der Waals surface area contributed by atoms with Crippen LogP contribution in [0.1, 0.15) is 18.1 Å². The van der Waals surface area contributed by atoms with Gasteiger partial charge in [0.15, 0.2) is 5.96 Å². The number of ether oxygens (including phenoxy) is 1. The lowest BCUT2D eigenvalue weighted by Crippen LogP contribution is -2.42. The van der Waals surface area contributed by atoms with Gasteiger partial charge in [0, 0.05) is 13.0 Å². The number of aliphatic imine (C=N–C) groups is 1. The molecule has 22 heavy (non-hydrogen) atoms. The first-order valence-electron chi connectivity index (χ1n) is 7.63. The van der Waals surface area contributed by atoms with Gasteiger partial charge in [-0.1, -0.05) is 18.2 Å². The molecule has 116 valence electrons. The number of hydrogen-bond donors (Lipinski definition) is 2. The summed E-state index contributed by atoms with van der Waals surface area (Å²) in [6.45, 7) is 4.37. The molecule has 0 bridgehead atoms. The van der Waals surface area contributed by atoms with Gasteiger partial charge < -0.3 is 15.4 Å². The van der Waals surface area contributed by atoms with E-state index in [4.69, 9.17) is 4.74 Å². The Kier molecular flexibility index (Phi) is 4.96. The second kappa shape index (κ2) is 7.31. The molecule has 1 aromatic heterocycles. The van der Waals surface area contributed by atoms with Crippen molar-refractivity contribution in [2.45, 2.75) is 26.0 Å². The first-order chi connectivity index (χ1) is 10.8. The molecule has 1 atom stereocenters. The quantitative estimate of drug-likeness (QED) is 0.659. The number of benzene rings is 1. The maximum Gasteiger partial charge on any atom is 0.191 e. The average molecular weight is 315 g/mol. The van der Waals surface area contributed by atoms with E-state index in [-0.39, 0.29) is 6.10 Å². The van der Waals surface area contributed by atoms with Gasteiger partial charge in [0.25, 0.3) is 0 Å². The smallest absolute Gasteiger partial charge is 0.191 e. The summed E-state index contributed by atoms with van der Waals surface area (Å²) < 4.78 is 5.94. The highest BCUT2D eigenvalue weighted by Crippen LogP contribution is 2.27. The van der Waals surface area contributed by atoms with Crippen LogP contribution >= 0.6 is 11.3 Å². The molecule has 1 aliphatic heterocycles. The van der Waals surface area contributed by atoms with Crippen molar-refractivity contribution in [1.82, 2.24) is 10.6 Å². The van der Waals surface area contributed by atoms with E-state index < -0.39 is 0 Å². The molecule has 0 aliphatic carbocycles. The summed E-state index contributed by atoms with van der Waals surface area (Å²) >= 11 is 1.70. The van der Waals surface area contributed by atoms with Crippen LogP contribution in [0.4, 0.5) is 0 Å². The monoisotopic (exact) mass is 315 g/mol. The van der Waals surface area contributed by atoms with Crippen LogP contribution in [0.15, 0.2) is 46.1 Å². The van der Waals surface area contributed by atoms with Gasteiger partial charge in [0.2, 0.25) is 0 Å². The van der Waals surface area contributed by atoms with Crippen LogP contribution in [-0.2, 0) is 13.0 Å². The Morgan fingerprint density at radius 3 is 3.00 bits per heavy atom. The molecule has 1 unspecified atom stereocenters. The van der Waals surface area contributed by atoms with Crippen LogP contribution in [0.3, 0.4) is 0 Å². The lowest BCUT2D eigenvalue weighted by atomic mass is 10.1. The van der Waals surface area contributed by atoms with Gasteiger partial charge in [0.1, 0.15) is 11.9 Å². The molecule has 2 N–H and O–H groups in total. The van der Waals surface area contributed by atoms with Gasteiger partial charge >= 0.3 is 0 Å². The van der Waals surface area contributed by atoms with Crippen molar-refractivity contribution in [3.63, 3.8) is 0 Å². The van der Waals surface area contributed by atoms with Crippen LogP contribution in [0.5, 0.6) is 5.75 Å². The first-order valence-corrected chi connectivity index (χ1v) is 8.57. The van der Waals surface area contributed by atoms with Gasteiger partial charge in [-0.15, -0.1) is 0 Å². The molecule has 0 spiro atoms. The molecule has 0 fully saturated rings. The maximum absolute atomic E-state index is 5.94. The van der Waals surface area contributed by atoms with Gasteiger partial charge in [-0.25, -0.2) is 4.99 Å². The predicted molar refractivity (Wildman–Crippen MR) is 91.7 cm³/mol. The first kappa shape index (κ1) is 14.9. The molecule has 3 rings (SSSR count). The molecule has 0 amide bonds. The van der Waals surface area contributed by atoms with E-state index in [1.807, 2.05) is 12.1 Å². The van der Waals surface area contributed by atoms with E-state index in [2.05, 4.69) is 51.5 Å². The number of para-hydroxylation sites is 1. The van der Waals surface area contributed by atoms with E-state index in [0.717, 1.165) is 31.2 Å². The summed E-state index contributed by atoms with van der Waals surface area (Å²) in [6, 6.07) is 10.3. The summed E-state index contributed by atoms with van der Waals surface area (Å²) in [5.74, 6) is 1.85. The van der Waals surface area contributed by atoms with Crippen molar-refractivity contribution < 1.29 is 4.74 Å². The van der Waals surface area contributed by atoms with E-state index in [1.54, 1.807) is 11.3 Å². The Labute approximate surface area is 135 Å². The van der Waals surface area contributed by atoms with Crippen LogP contribution < -0.4 is 15.4 Å². The van der Waals surface area contributed by atoms with Crippen LogP contribution in [0.25, 0.3) is 0 Å². The lowest BCUT2D eigenvalue weighted by molar-refractivity contribution is 0.235.